The van der Waals surface area contributed by atoms with Gasteiger partial charge in [-0.2, -0.15) is 0 Å². The molecule has 0 bridgehead atoms. The second-order valence-electron chi connectivity index (χ2n) is 5.02. The minimum absolute atomic E-state index is 0.119. The summed E-state index contributed by atoms with van der Waals surface area (Å²) in [5.74, 6) is 0.709. The van der Waals surface area contributed by atoms with Gasteiger partial charge in [0.25, 0.3) is 5.69 Å². The molecule has 0 saturated heterocycles. The standard InChI is InChI=1S/C16H16ClN3O5/c1-9-4-5-10(20(22)23)6-12(9)18-16(21)19-13-8-14(24-2)11(17)7-15(13)25-3/h4-8H,1-3H3,(H2,18,19,21). The van der Waals surface area contributed by atoms with E-state index in [1.165, 1.54) is 38.5 Å². The normalized spacial score (nSPS) is 10.1. The minimum atomic E-state index is -0.591. The summed E-state index contributed by atoms with van der Waals surface area (Å²) in [6, 6.07) is 6.64. The van der Waals surface area contributed by atoms with Crippen LogP contribution in [0, 0.1) is 17.0 Å². The number of benzene rings is 2. The van der Waals surface area contributed by atoms with Crippen LogP contribution in [0.25, 0.3) is 0 Å². The molecule has 2 amide bonds. The van der Waals surface area contributed by atoms with Crippen LogP contribution in [0.3, 0.4) is 0 Å². The highest BCUT2D eigenvalue weighted by atomic mass is 35.5. The Kier molecular flexibility index (Phi) is 5.66. The molecule has 0 fully saturated rings. The molecule has 2 rings (SSSR count). The highest BCUT2D eigenvalue weighted by molar-refractivity contribution is 6.32. The van der Waals surface area contributed by atoms with E-state index in [1.807, 2.05) is 0 Å². The Labute approximate surface area is 148 Å². The van der Waals surface area contributed by atoms with Gasteiger partial charge in [-0.3, -0.25) is 10.1 Å². The number of nitrogens with zero attached hydrogens (tertiary/aromatic N) is 1. The fraction of sp³-hybridized carbons (Fsp3) is 0.188. The number of anilines is 2. The average Bonchev–Trinajstić information content (AvgIpc) is 2.57. The van der Waals surface area contributed by atoms with Crippen LogP contribution in [0.4, 0.5) is 21.9 Å². The fourth-order valence-electron chi connectivity index (χ4n) is 2.09. The van der Waals surface area contributed by atoms with Crippen LogP contribution in [-0.2, 0) is 0 Å². The summed E-state index contributed by atoms with van der Waals surface area (Å²) in [5.41, 5.74) is 1.23. The number of nitro benzene ring substituents is 1. The number of ether oxygens (including phenoxy) is 2. The number of rotatable bonds is 5. The highest BCUT2D eigenvalue weighted by Crippen LogP contribution is 2.36. The number of halogens is 1. The molecule has 9 heteroatoms. The van der Waals surface area contributed by atoms with Crippen LogP contribution in [0.15, 0.2) is 30.3 Å². The monoisotopic (exact) mass is 365 g/mol. The number of nitrogens with one attached hydrogen (secondary N) is 2. The zero-order valence-electron chi connectivity index (χ0n) is 13.8. The maximum atomic E-state index is 12.2. The predicted octanol–water partition coefficient (Wildman–Crippen LogP) is 4.22. The maximum Gasteiger partial charge on any atom is 0.323 e. The highest BCUT2D eigenvalue weighted by Gasteiger charge is 2.15. The first-order valence-electron chi connectivity index (χ1n) is 7.10. The lowest BCUT2D eigenvalue weighted by molar-refractivity contribution is -0.384. The van der Waals surface area contributed by atoms with E-state index in [9.17, 15) is 14.9 Å². The van der Waals surface area contributed by atoms with E-state index in [-0.39, 0.29) is 5.69 Å². The SMILES string of the molecule is COc1cc(NC(=O)Nc2cc([N+](=O)[O-])ccc2C)c(OC)cc1Cl. The van der Waals surface area contributed by atoms with Crippen molar-refractivity contribution < 1.29 is 19.2 Å². The van der Waals surface area contributed by atoms with Crippen LogP contribution >= 0.6 is 11.6 Å². The lowest BCUT2D eigenvalue weighted by Crippen LogP contribution is -2.20. The number of non-ortho nitro benzene ring substituents is 1. The van der Waals surface area contributed by atoms with Crippen LogP contribution in [-0.4, -0.2) is 25.2 Å². The third-order valence-electron chi connectivity index (χ3n) is 3.40. The summed E-state index contributed by atoms with van der Waals surface area (Å²) < 4.78 is 10.3. The zero-order valence-corrected chi connectivity index (χ0v) is 14.5. The molecule has 0 heterocycles. The molecule has 0 unspecified atom stereocenters. The van der Waals surface area contributed by atoms with Crippen molar-refractivity contribution in [3.63, 3.8) is 0 Å². The quantitative estimate of drug-likeness (QED) is 0.610. The molecule has 2 aromatic rings. The molecule has 0 aromatic heterocycles. The van der Waals surface area contributed by atoms with Gasteiger partial charge in [0.2, 0.25) is 0 Å². The molecular weight excluding hydrogens is 350 g/mol. The van der Waals surface area contributed by atoms with Crippen molar-refractivity contribution in [3.8, 4) is 11.5 Å². The van der Waals surface area contributed by atoms with E-state index in [2.05, 4.69) is 10.6 Å². The van der Waals surface area contributed by atoms with Crippen molar-refractivity contribution in [1.82, 2.24) is 0 Å². The minimum Gasteiger partial charge on any atom is -0.495 e. The van der Waals surface area contributed by atoms with Gasteiger partial charge >= 0.3 is 6.03 Å². The number of carbonyl (C=O) groups excluding carboxylic acids is 1. The third-order valence-corrected chi connectivity index (χ3v) is 3.70. The Bertz CT molecular complexity index is 826. The second-order valence-corrected chi connectivity index (χ2v) is 5.43. The van der Waals surface area contributed by atoms with E-state index < -0.39 is 11.0 Å². The molecule has 0 atom stereocenters. The molecule has 2 aromatic carbocycles. The number of carbonyl (C=O) groups is 1. The van der Waals surface area contributed by atoms with E-state index in [4.69, 9.17) is 21.1 Å². The van der Waals surface area contributed by atoms with Gasteiger partial charge in [0, 0.05) is 24.3 Å². The van der Waals surface area contributed by atoms with Crippen molar-refractivity contribution >= 4 is 34.7 Å². The molecule has 8 nitrogen and oxygen atoms in total. The van der Waals surface area contributed by atoms with Gasteiger partial charge in [-0.15, -0.1) is 0 Å². The summed E-state index contributed by atoms with van der Waals surface area (Å²) in [4.78, 5) is 22.6. The second kappa shape index (κ2) is 7.71. The van der Waals surface area contributed by atoms with Crippen molar-refractivity contribution in [1.29, 1.82) is 0 Å². The molecular formula is C16H16ClN3O5. The predicted molar refractivity (Wildman–Crippen MR) is 95.0 cm³/mol. The van der Waals surface area contributed by atoms with E-state index in [0.717, 1.165) is 0 Å². The Morgan fingerprint density at radius 1 is 1.08 bits per heavy atom. The lowest BCUT2D eigenvalue weighted by Gasteiger charge is -2.14. The topological polar surface area (TPSA) is 103 Å². The molecule has 0 radical (unpaired) electrons. The van der Waals surface area contributed by atoms with Crippen molar-refractivity contribution in [2.45, 2.75) is 6.92 Å². The number of urea groups is 1. The van der Waals surface area contributed by atoms with Crippen LogP contribution in [0.1, 0.15) is 5.56 Å². The van der Waals surface area contributed by atoms with Gasteiger partial charge in [-0.05, 0) is 12.5 Å². The Hall–Kier alpha value is -3.00. The number of amides is 2. The fourth-order valence-corrected chi connectivity index (χ4v) is 2.32. The van der Waals surface area contributed by atoms with E-state index in [1.54, 1.807) is 13.0 Å². The first-order valence-corrected chi connectivity index (χ1v) is 7.48. The van der Waals surface area contributed by atoms with Crippen molar-refractivity contribution in [3.05, 3.63) is 51.0 Å². The molecule has 0 spiro atoms. The smallest absolute Gasteiger partial charge is 0.323 e. The third kappa shape index (κ3) is 4.30. The Balaban J connectivity index is 2.23. The van der Waals surface area contributed by atoms with Gasteiger partial charge in [0.05, 0.1) is 35.5 Å². The first-order chi connectivity index (χ1) is 11.8. The lowest BCUT2D eigenvalue weighted by atomic mass is 10.2. The van der Waals surface area contributed by atoms with Gasteiger partial charge in [-0.1, -0.05) is 17.7 Å². The molecule has 0 aliphatic heterocycles. The number of hydrogen-bond donors (Lipinski definition) is 2. The van der Waals surface area contributed by atoms with Crippen LogP contribution in [0.5, 0.6) is 11.5 Å². The summed E-state index contributed by atoms with van der Waals surface area (Å²) in [6.45, 7) is 1.73. The zero-order chi connectivity index (χ0) is 18.6. The summed E-state index contributed by atoms with van der Waals surface area (Å²) in [6.07, 6.45) is 0. The van der Waals surface area contributed by atoms with Crippen molar-refractivity contribution in [2.75, 3.05) is 24.9 Å². The Morgan fingerprint density at radius 3 is 2.32 bits per heavy atom. The number of nitro groups is 1. The molecule has 0 aliphatic carbocycles. The number of methoxy groups -OCH3 is 2. The molecule has 132 valence electrons. The van der Waals surface area contributed by atoms with Gasteiger partial charge in [-0.25, -0.2) is 4.79 Å². The summed E-state index contributed by atoms with van der Waals surface area (Å²) in [7, 11) is 2.88. The van der Waals surface area contributed by atoms with Gasteiger partial charge < -0.3 is 20.1 Å². The van der Waals surface area contributed by atoms with Gasteiger partial charge in [0.1, 0.15) is 11.5 Å². The number of aryl methyl sites for hydroxylation is 1. The molecule has 2 N–H and O–H groups in total. The average molecular weight is 366 g/mol. The summed E-state index contributed by atoms with van der Waals surface area (Å²) >= 11 is 6.02. The van der Waals surface area contributed by atoms with Crippen molar-refractivity contribution in [2.24, 2.45) is 0 Å². The van der Waals surface area contributed by atoms with E-state index >= 15 is 0 Å². The maximum absolute atomic E-state index is 12.2. The summed E-state index contributed by atoms with van der Waals surface area (Å²) in [5, 5.41) is 16.4. The number of hydrogen-bond acceptors (Lipinski definition) is 5. The van der Waals surface area contributed by atoms with Gasteiger partial charge in [0.15, 0.2) is 0 Å². The van der Waals surface area contributed by atoms with E-state index in [0.29, 0.717) is 33.5 Å². The molecule has 0 aliphatic rings. The van der Waals surface area contributed by atoms with Crippen LogP contribution < -0.4 is 20.1 Å². The Morgan fingerprint density at radius 2 is 1.72 bits per heavy atom. The molecule has 25 heavy (non-hydrogen) atoms. The first kappa shape index (κ1) is 18.3. The molecule has 0 saturated carbocycles. The van der Waals surface area contributed by atoms with Crippen LogP contribution in [0.2, 0.25) is 5.02 Å². The largest absolute Gasteiger partial charge is 0.495 e.